The van der Waals surface area contributed by atoms with Crippen LogP contribution in [0.2, 0.25) is 10.0 Å². The molecule has 1 saturated carbocycles. The van der Waals surface area contributed by atoms with Crippen LogP contribution in [0.25, 0.3) is 0 Å². The van der Waals surface area contributed by atoms with Crippen LogP contribution in [0.4, 0.5) is 0 Å². The quantitative estimate of drug-likeness (QED) is 0.601. The number of aliphatic hydroxyl groups excluding tert-OH is 1. The maximum atomic E-state index is 13.3. The molecule has 0 unspecified atom stereocenters. The highest BCUT2D eigenvalue weighted by Gasteiger charge is 2.51. The van der Waals surface area contributed by atoms with Crippen LogP contribution >= 0.6 is 23.2 Å². The van der Waals surface area contributed by atoms with Crippen LogP contribution in [-0.4, -0.2) is 53.6 Å². The van der Waals surface area contributed by atoms with Gasteiger partial charge in [-0.25, -0.2) is 8.42 Å². The zero-order valence-electron chi connectivity index (χ0n) is 17.8. The maximum absolute atomic E-state index is 13.3. The van der Waals surface area contributed by atoms with Crippen LogP contribution in [0.1, 0.15) is 30.9 Å². The van der Waals surface area contributed by atoms with Crippen LogP contribution in [0.15, 0.2) is 53.4 Å². The fraction of sp³-hybridized carbons (Fsp3) is 0.348. The Labute approximate surface area is 207 Å². The Bertz CT molecular complexity index is 1270. The number of amides is 2. The molecule has 2 amide bonds. The van der Waals surface area contributed by atoms with Gasteiger partial charge in [-0.05, 0) is 49.1 Å². The first kappa shape index (κ1) is 24.5. The van der Waals surface area contributed by atoms with Crippen molar-refractivity contribution in [2.24, 2.45) is 0 Å². The van der Waals surface area contributed by atoms with Crippen molar-refractivity contribution >= 4 is 44.9 Å². The standard InChI is InChI=1S/C23H21Cl2N3O5S/c24-15-7-5-14(6-8-15)20(29)22(31)28-12-16(34(32,33)19-4-2-1-3-17(19)25)11-18(28)21(30)27-23(13-26)9-10-23/h1-8,16,18,20,29H,9-12H2,(H,27,30)/t16-,18+,20-/m1/s1. The molecule has 0 aromatic heterocycles. The summed E-state index contributed by atoms with van der Waals surface area (Å²) in [5, 5.41) is 22.0. The lowest BCUT2D eigenvalue weighted by molar-refractivity contribution is -0.145. The molecule has 0 spiro atoms. The summed E-state index contributed by atoms with van der Waals surface area (Å²) in [6.07, 6.45) is -0.866. The van der Waals surface area contributed by atoms with Crippen LogP contribution < -0.4 is 5.32 Å². The van der Waals surface area contributed by atoms with Gasteiger partial charge >= 0.3 is 0 Å². The number of carbonyl (C=O) groups is 2. The fourth-order valence-corrected chi connectivity index (χ4v) is 6.37. The predicted molar refractivity (Wildman–Crippen MR) is 125 cm³/mol. The average Bonchev–Trinajstić information content (AvgIpc) is 3.43. The fourth-order valence-electron chi connectivity index (χ4n) is 4.02. The SMILES string of the molecule is N#CC1(NC(=O)[C@@H]2C[C@@H](S(=O)(=O)c3ccccc3Cl)CN2C(=O)[C@H](O)c2ccc(Cl)cc2)CC1. The summed E-state index contributed by atoms with van der Waals surface area (Å²) >= 11 is 12.0. The molecule has 8 nitrogen and oxygen atoms in total. The van der Waals surface area contributed by atoms with E-state index in [2.05, 4.69) is 5.32 Å². The van der Waals surface area contributed by atoms with Gasteiger partial charge in [0.2, 0.25) is 5.91 Å². The minimum atomic E-state index is -4.00. The van der Waals surface area contributed by atoms with E-state index in [0.29, 0.717) is 17.9 Å². The van der Waals surface area contributed by atoms with Gasteiger partial charge in [0, 0.05) is 11.6 Å². The van der Waals surface area contributed by atoms with Crippen molar-refractivity contribution in [1.82, 2.24) is 10.2 Å². The zero-order valence-corrected chi connectivity index (χ0v) is 20.1. The van der Waals surface area contributed by atoms with E-state index in [1.807, 2.05) is 6.07 Å². The topological polar surface area (TPSA) is 128 Å². The first-order valence-corrected chi connectivity index (χ1v) is 12.8. The highest BCUT2D eigenvalue weighted by molar-refractivity contribution is 7.92. The van der Waals surface area contributed by atoms with Crippen molar-refractivity contribution in [3.8, 4) is 6.07 Å². The zero-order chi connectivity index (χ0) is 24.7. The molecule has 0 bridgehead atoms. The lowest BCUT2D eigenvalue weighted by Crippen LogP contribution is -2.50. The van der Waals surface area contributed by atoms with Crippen LogP contribution in [-0.2, 0) is 19.4 Å². The molecule has 178 valence electrons. The number of likely N-dealkylation sites (tertiary alicyclic amines) is 1. The largest absolute Gasteiger partial charge is 0.378 e. The minimum Gasteiger partial charge on any atom is -0.378 e. The number of sulfone groups is 1. The van der Waals surface area contributed by atoms with Crippen molar-refractivity contribution in [3.05, 3.63) is 64.1 Å². The number of carbonyl (C=O) groups excluding carboxylic acids is 2. The minimum absolute atomic E-state index is 0.0379. The third-order valence-corrected chi connectivity index (χ3v) is 9.06. The second kappa shape index (κ2) is 9.19. The molecule has 2 aliphatic rings. The summed E-state index contributed by atoms with van der Waals surface area (Å²) in [6.45, 7) is -0.311. The van der Waals surface area contributed by atoms with E-state index in [1.165, 1.54) is 42.5 Å². The molecular formula is C23H21Cl2N3O5S. The van der Waals surface area contributed by atoms with Gasteiger partial charge in [-0.1, -0.05) is 47.5 Å². The molecule has 1 aliphatic heterocycles. The van der Waals surface area contributed by atoms with Crippen molar-refractivity contribution in [2.75, 3.05) is 6.54 Å². The molecular weight excluding hydrogens is 501 g/mol. The van der Waals surface area contributed by atoms with Crippen molar-refractivity contribution < 1.29 is 23.1 Å². The molecule has 2 aromatic carbocycles. The molecule has 4 rings (SSSR count). The summed E-state index contributed by atoms with van der Waals surface area (Å²) in [5.41, 5.74) is -0.748. The van der Waals surface area contributed by atoms with Crippen LogP contribution in [0.3, 0.4) is 0 Å². The van der Waals surface area contributed by atoms with Crippen LogP contribution in [0, 0.1) is 11.3 Å². The lowest BCUT2D eigenvalue weighted by atomic mass is 10.1. The molecule has 2 N–H and O–H groups in total. The first-order chi connectivity index (χ1) is 16.1. The number of nitriles is 1. The highest BCUT2D eigenvalue weighted by atomic mass is 35.5. The highest BCUT2D eigenvalue weighted by Crippen LogP contribution is 2.37. The number of aliphatic hydroxyl groups is 1. The molecule has 1 saturated heterocycles. The van der Waals surface area contributed by atoms with E-state index in [-0.39, 0.29) is 28.4 Å². The van der Waals surface area contributed by atoms with Crippen molar-refractivity contribution in [1.29, 1.82) is 5.26 Å². The number of nitrogens with one attached hydrogen (secondary N) is 1. The van der Waals surface area contributed by atoms with Crippen LogP contribution in [0.5, 0.6) is 0 Å². The normalized spacial score (nSPS) is 22.0. The number of halogens is 2. The Morgan fingerprint density at radius 3 is 2.38 bits per heavy atom. The molecule has 1 heterocycles. The smallest absolute Gasteiger partial charge is 0.256 e. The van der Waals surface area contributed by atoms with Gasteiger partial charge < -0.3 is 15.3 Å². The average molecular weight is 522 g/mol. The number of hydrogen-bond acceptors (Lipinski definition) is 6. The molecule has 11 heteroatoms. The van der Waals surface area contributed by atoms with Gasteiger partial charge in [-0.3, -0.25) is 9.59 Å². The molecule has 2 aromatic rings. The van der Waals surface area contributed by atoms with E-state index in [0.717, 1.165) is 4.90 Å². The second-order valence-corrected chi connectivity index (χ2v) is 11.5. The van der Waals surface area contributed by atoms with E-state index in [1.54, 1.807) is 6.07 Å². The first-order valence-electron chi connectivity index (χ1n) is 10.5. The summed E-state index contributed by atoms with van der Waals surface area (Å²) in [4.78, 5) is 27.3. The van der Waals surface area contributed by atoms with Gasteiger partial charge in [0.1, 0.15) is 11.6 Å². The second-order valence-electron chi connectivity index (χ2n) is 8.48. The Morgan fingerprint density at radius 1 is 1.15 bits per heavy atom. The van der Waals surface area contributed by atoms with E-state index < -0.39 is 44.6 Å². The molecule has 2 fully saturated rings. The van der Waals surface area contributed by atoms with E-state index >= 15 is 0 Å². The monoisotopic (exact) mass is 521 g/mol. The van der Waals surface area contributed by atoms with Crippen molar-refractivity contribution in [2.45, 2.75) is 47.1 Å². The Kier molecular flexibility index (Phi) is 6.62. The van der Waals surface area contributed by atoms with E-state index in [9.17, 15) is 28.4 Å². The summed E-state index contributed by atoms with van der Waals surface area (Å²) < 4.78 is 26.7. The third-order valence-electron chi connectivity index (χ3n) is 6.18. The molecule has 1 aliphatic carbocycles. The van der Waals surface area contributed by atoms with Gasteiger partial charge in [0.25, 0.3) is 5.91 Å². The van der Waals surface area contributed by atoms with E-state index in [4.69, 9.17) is 23.2 Å². The number of nitrogens with zero attached hydrogens (tertiary/aromatic N) is 2. The maximum Gasteiger partial charge on any atom is 0.256 e. The Morgan fingerprint density at radius 2 is 1.79 bits per heavy atom. The summed E-state index contributed by atoms with van der Waals surface area (Å²) in [7, 11) is -4.00. The number of benzene rings is 2. The van der Waals surface area contributed by atoms with Gasteiger partial charge in [-0.2, -0.15) is 5.26 Å². The summed E-state index contributed by atoms with van der Waals surface area (Å²) in [5.74, 6) is -1.45. The van der Waals surface area contributed by atoms with Crippen molar-refractivity contribution in [3.63, 3.8) is 0 Å². The lowest BCUT2D eigenvalue weighted by Gasteiger charge is -2.27. The number of rotatable bonds is 6. The Hall–Kier alpha value is -2.64. The molecule has 0 radical (unpaired) electrons. The van der Waals surface area contributed by atoms with Gasteiger partial charge in [-0.15, -0.1) is 0 Å². The molecule has 34 heavy (non-hydrogen) atoms. The molecule has 3 atom stereocenters. The number of hydrogen-bond donors (Lipinski definition) is 2. The van der Waals surface area contributed by atoms with Gasteiger partial charge in [0.05, 0.1) is 21.2 Å². The predicted octanol–water partition coefficient (Wildman–Crippen LogP) is 2.64. The summed E-state index contributed by atoms with van der Waals surface area (Å²) in [6, 6.07) is 12.8. The van der Waals surface area contributed by atoms with Gasteiger partial charge in [0.15, 0.2) is 15.9 Å². The third kappa shape index (κ3) is 4.64. The Balaban J connectivity index is 1.65.